The van der Waals surface area contributed by atoms with Crippen LogP contribution in [0.25, 0.3) is 22.2 Å². The number of aliphatic hydroxyl groups is 1. The summed E-state index contributed by atoms with van der Waals surface area (Å²) in [6.07, 6.45) is 5.85. The van der Waals surface area contributed by atoms with Crippen molar-refractivity contribution < 1.29 is 24.2 Å². The number of aliphatic hydroxyl groups excluding tert-OH is 1. The number of carboxylic acids is 1. The van der Waals surface area contributed by atoms with Crippen LogP contribution >= 0.6 is 0 Å². The van der Waals surface area contributed by atoms with Gasteiger partial charge >= 0.3 is 5.97 Å². The molecule has 0 atom stereocenters. The molecule has 5 rings (SSSR count). The van der Waals surface area contributed by atoms with Crippen LogP contribution in [0, 0.1) is 0 Å². The molecule has 7 heteroatoms. The number of rotatable bonds is 8. The molecular formula is C29H36N3O4+. The largest absolute Gasteiger partial charge is 0.491 e. The van der Waals surface area contributed by atoms with Crippen molar-refractivity contribution in [2.75, 3.05) is 39.4 Å². The lowest BCUT2D eigenvalue weighted by atomic mass is 9.91. The van der Waals surface area contributed by atoms with Gasteiger partial charge in [-0.1, -0.05) is 30.3 Å². The molecule has 3 heterocycles. The number of hydrogen-bond donors (Lipinski definition) is 3. The molecule has 0 radical (unpaired) electrons. The van der Waals surface area contributed by atoms with Gasteiger partial charge in [-0.2, -0.15) is 0 Å². The average Bonchev–Trinajstić information content (AvgIpc) is 2.92. The van der Waals surface area contributed by atoms with Crippen LogP contribution in [-0.2, 0) is 6.54 Å². The molecule has 0 amide bonds. The Morgan fingerprint density at radius 2 is 1.81 bits per heavy atom. The average molecular weight is 491 g/mol. The zero-order valence-electron chi connectivity index (χ0n) is 20.8. The Hall–Kier alpha value is -3.00. The quantitative estimate of drug-likeness (QED) is 0.410. The van der Waals surface area contributed by atoms with Crippen molar-refractivity contribution in [3.8, 4) is 17.0 Å². The van der Waals surface area contributed by atoms with Crippen molar-refractivity contribution in [2.45, 2.75) is 44.7 Å². The van der Waals surface area contributed by atoms with Crippen molar-refractivity contribution in [1.82, 2.24) is 10.3 Å². The molecule has 36 heavy (non-hydrogen) atoms. The molecular weight excluding hydrogens is 454 g/mol. The van der Waals surface area contributed by atoms with Gasteiger partial charge in [0.2, 0.25) is 0 Å². The topological polar surface area (TPSA) is 91.7 Å². The number of carbonyl (C=O) groups is 1. The number of pyridine rings is 1. The fraction of sp³-hybridized carbons (Fsp3) is 0.448. The SMILES string of the molecule is O=C(O)c1c(C[N+]2(C3CCNCC3)CCCCC2)c(-c2ccccc2)nc2cc(OCCO)ccc12. The molecule has 2 fully saturated rings. The van der Waals surface area contributed by atoms with Gasteiger partial charge in [-0.15, -0.1) is 0 Å². The molecule has 1 aromatic heterocycles. The van der Waals surface area contributed by atoms with Gasteiger partial charge in [0, 0.05) is 48.5 Å². The van der Waals surface area contributed by atoms with Crippen LogP contribution in [0.2, 0.25) is 0 Å². The number of nitrogens with zero attached hydrogens (tertiary/aromatic N) is 2. The van der Waals surface area contributed by atoms with Gasteiger partial charge < -0.3 is 24.7 Å². The first-order valence-corrected chi connectivity index (χ1v) is 13.2. The first kappa shape index (κ1) is 24.7. The third-order valence-electron chi connectivity index (χ3n) is 7.94. The third kappa shape index (κ3) is 4.96. The molecule has 0 unspecified atom stereocenters. The minimum Gasteiger partial charge on any atom is -0.491 e. The molecule has 0 aliphatic carbocycles. The van der Waals surface area contributed by atoms with Gasteiger partial charge in [0.15, 0.2) is 0 Å². The summed E-state index contributed by atoms with van der Waals surface area (Å²) in [7, 11) is 0. The summed E-state index contributed by atoms with van der Waals surface area (Å²) in [4.78, 5) is 18.0. The number of aromatic nitrogens is 1. The summed E-state index contributed by atoms with van der Waals surface area (Å²) < 4.78 is 6.56. The number of likely N-dealkylation sites (tertiary alicyclic amines) is 1. The minimum absolute atomic E-state index is 0.0866. The van der Waals surface area contributed by atoms with Gasteiger partial charge in [-0.25, -0.2) is 9.78 Å². The molecule has 2 aromatic carbocycles. The van der Waals surface area contributed by atoms with E-state index in [1.54, 1.807) is 12.1 Å². The highest BCUT2D eigenvalue weighted by atomic mass is 16.5. The molecule has 0 saturated carbocycles. The second-order valence-corrected chi connectivity index (χ2v) is 10.1. The lowest BCUT2D eigenvalue weighted by Gasteiger charge is -2.49. The normalized spacial score (nSPS) is 18.2. The Morgan fingerprint density at radius 3 is 2.50 bits per heavy atom. The number of nitrogens with one attached hydrogen (secondary N) is 1. The Bertz CT molecular complexity index is 1200. The predicted octanol–water partition coefficient (Wildman–Crippen LogP) is 4.22. The molecule has 3 N–H and O–H groups in total. The van der Waals surface area contributed by atoms with Crippen molar-refractivity contribution in [1.29, 1.82) is 0 Å². The lowest BCUT2D eigenvalue weighted by molar-refractivity contribution is -0.968. The number of ether oxygens (including phenoxy) is 1. The number of fused-ring (bicyclic) bond motifs is 1. The number of piperidine rings is 2. The highest BCUT2D eigenvalue weighted by molar-refractivity contribution is 6.06. The van der Waals surface area contributed by atoms with E-state index in [1.807, 2.05) is 36.4 Å². The van der Waals surface area contributed by atoms with Gasteiger partial charge in [-0.3, -0.25) is 0 Å². The fourth-order valence-corrected chi connectivity index (χ4v) is 6.23. The Kier molecular flexibility index (Phi) is 7.51. The van der Waals surface area contributed by atoms with Crippen LogP contribution in [0.15, 0.2) is 48.5 Å². The highest BCUT2D eigenvalue weighted by Gasteiger charge is 2.41. The van der Waals surface area contributed by atoms with E-state index in [0.29, 0.717) is 34.8 Å². The summed E-state index contributed by atoms with van der Waals surface area (Å²) in [6.45, 7) is 4.99. The number of benzene rings is 2. The Balaban J connectivity index is 1.70. The maximum Gasteiger partial charge on any atom is 0.336 e. The maximum atomic E-state index is 12.9. The summed E-state index contributed by atoms with van der Waals surface area (Å²) >= 11 is 0. The van der Waals surface area contributed by atoms with E-state index in [9.17, 15) is 9.90 Å². The molecule has 2 aliphatic rings. The molecule has 3 aromatic rings. The second-order valence-electron chi connectivity index (χ2n) is 10.1. The van der Waals surface area contributed by atoms with Crippen LogP contribution in [0.1, 0.15) is 48.0 Å². The van der Waals surface area contributed by atoms with E-state index in [2.05, 4.69) is 5.32 Å². The van der Waals surface area contributed by atoms with Gasteiger partial charge in [0.05, 0.1) is 42.5 Å². The number of aromatic carboxylic acids is 1. The van der Waals surface area contributed by atoms with Crippen LogP contribution < -0.4 is 10.1 Å². The van der Waals surface area contributed by atoms with Crippen molar-refractivity contribution in [2.24, 2.45) is 0 Å². The third-order valence-corrected chi connectivity index (χ3v) is 7.94. The summed E-state index contributed by atoms with van der Waals surface area (Å²) in [5.74, 6) is -0.347. The smallest absolute Gasteiger partial charge is 0.336 e. The van der Waals surface area contributed by atoms with E-state index < -0.39 is 5.97 Å². The molecule has 2 saturated heterocycles. The van der Waals surface area contributed by atoms with E-state index in [1.165, 1.54) is 19.3 Å². The molecule has 0 spiro atoms. The van der Waals surface area contributed by atoms with Gasteiger partial charge in [0.25, 0.3) is 0 Å². The summed E-state index contributed by atoms with van der Waals surface area (Å²) in [5, 5.41) is 23.8. The van der Waals surface area contributed by atoms with E-state index in [4.69, 9.17) is 14.8 Å². The monoisotopic (exact) mass is 490 g/mol. The second kappa shape index (κ2) is 10.9. The first-order chi connectivity index (χ1) is 17.6. The zero-order chi connectivity index (χ0) is 25.0. The Labute approximate surface area is 212 Å². The first-order valence-electron chi connectivity index (χ1n) is 13.2. The van der Waals surface area contributed by atoms with Crippen LogP contribution in [0.5, 0.6) is 5.75 Å². The van der Waals surface area contributed by atoms with E-state index in [0.717, 1.165) is 60.3 Å². The van der Waals surface area contributed by atoms with Crippen molar-refractivity contribution in [3.05, 3.63) is 59.7 Å². The van der Waals surface area contributed by atoms with Crippen molar-refractivity contribution in [3.63, 3.8) is 0 Å². The predicted molar refractivity (Wildman–Crippen MR) is 140 cm³/mol. The van der Waals surface area contributed by atoms with E-state index >= 15 is 0 Å². The maximum absolute atomic E-state index is 12.9. The minimum atomic E-state index is -0.918. The number of carboxylic acid groups (broad SMARTS) is 1. The van der Waals surface area contributed by atoms with Crippen LogP contribution in [0.4, 0.5) is 0 Å². The molecule has 0 bridgehead atoms. The molecule has 2 aliphatic heterocycles. The Morgan fingerprint density at radius 1 is 1.06 bits per heavy atom. The number of hydrogen-bond acceptors (Lipinski definition) is 5. The molecule has 190 valence electrons. The highest BCUT2D eigenvalue weighted by Crippen LogP contribution is 2.37. The lowest BCUT2D eigenvalue weighted by Crippen LogP contribution is -2.60. The van der Waals surface area contributed by atoms with Crippen molar-refractivity contribution >= 4 is 16.9 Å². The van der Waals surface area contributed by atoms with Crippen LogP contribution in [-0.4, -0.2) is 71.1 Å². The number of quaternary nitrogens is 1. The fourth-order valence-electron chi connectivity index (χ4n) is 6.23. The van der Waals surface area contributed by atoms with Gasteiger partial charge in [-0.05, 0) is 31.4 Å². The molecule has 7 nitrogen and oxygen atoms in total. The zero-order valence-corrected chi connectivity index (χ0v) is 20.8. The summed E-state index contributed by atoms with van der Waals surface area (Å²) in [5.41, 5.74) is 3.46. The summed E-state index contributed by atoms with van der Waals surface area (Å²) in [6, 6.07) is 15.8. The standard InChI is InChI=1S/C29H35N3O4/c33-17-18-36-23-9-10-24-26(19-23)31-28(21-7-3-1-4-8-21)25(27(24)29(34)35)20-32(15-5-2-6-16-32)22-11-13-30-14-12-22/h1,3-4,7-10,19,22,30,33H,2,5-6,11-18,20H2/p+1. The van der Waals surface area contributed by atoms with E-state index in [-0.39, 0.29) is 13.2 Å². The van der Waals surface area contributed by atoms with Crippen LogP contribution in [0.3, 0.4) is 0 Å². The van der Waals surface area contributed by atoms with Gasteiger partial charge in [0.1, 0.15) is 18.9 Å².